The third-order valence-electron chi connectivity index (χ3n) is 6.03. The van der Waals surface area contributed by atoms with Crippen molar-refractivity contribution in [3.05, 3.63) is 76.9 Å². The molecule has 0 fully saturated rings. The number of hydrogen-bond donors (Lipinski definition) is 0. The van der Waals surface area contributed by atoms with Crippen LogP contribution in [-0.4, -0.2) is 45.6 Å². The Hall–Kier alpha value is -3.57. The van der Waals surface area contributed by atoms with Crippen molar-refractivity contribution in [3.63, 3.8) is 0 Å². The summed E-state index contributed by atoms with van der Waals surface area (Å²) in [6.07, 6.45) is 1.74. The maximum absolute atomic E-state index is 13.9. The third kappa shape index (κ3) is 4.95. The number of allylic oxidation sites excluding steroid dienone is 1. The summed E-state index contributed by atoms with van der Waals surface area (Å²) in [5.74, 6) is 1.60. The average molecular weight is 603 g/mol. The van der Waals surface area contributed by atoms with Crippen molar-refractivity contribution < 1.29 is 28.5 Å². The fraction of sp³-hybridized carbons (Fsp3) is 0.296. The highest BCUT2D eigenvalue weighted by Gasteiger charge is 2.34. The van der Waals surface area contributed by atoms with Gasteiger partial charge in [-0.15, -0.1) is 0 Å². The second-order valence-corrected chi connectivity index (χ2v) is 10.0. The summed E-state index contributed by atoms with van der Waals surface area (Å²) in [6.45, 7) is 3.65. The smallest absolute Gasteiger partial charge is 0.338 e. The number of aromatic nitrogens is 1. The van der Waals surface area contributed by atoms with E-state index in [-0.39, 0.29) is 17.7 Å². The second-order valence-electron chi connectivity index (χ2n) is 8.15. The minimum atomic E-state index is -0.781. The van der Waals surface area contributed by atoms with Gasteiger partial charge in [0.15, 0.2) is 16.3 Å². The number of hydrogen-bond acceptors (Lipinski definition) is 9. The monoisotopic (exact) mass is 602 g/mol. The summed E-state index contributed by atoms with van der Waals surface area (Å²) in [5, 5.41) is 0. The molecule has 0 unspecified atom stereocenters. The topological polar surface area (TPSA) is 97.6 Å². The Morgan fingerprint density at radius 1 is 1.03 bits per heavy atom. The highest BCUT2D eigenvalue weighted by molar-refractivity contribution is 9.10. The quantitative estimate of drug-likeness (QED) is 0.363. The first-order valence-electron chi connectivity index (χ1n) is 11.6. The summed E-state index contributed by atoms with van der Waals surface area (Å²) < 4.78 is 29.8. The summed E-state index contributed by atoms with van der Waals surface area (Å²) in [7, 11) is 6.18. The summed E-state index contributed by atoms with van der Waals surface area (Å²) >= 11 is 4.71. The van der Waals surface area contributed by atoms with Crippen LogP contribution in [0.25, 0.3) is 6.08 Å². The number of esters is 1. The summed E-state index contributed by atoms with van der Waals surface area (Å²) in [6, 6.07) is 8.06. The van der Waals surface area contributed by atoms with Crippen molar-refractivity contribution in [1.29, 1.82) is 0 Å². The van der Waals surface area contributed by atoms with Gasteiger partial charge < -0.3 is 23.7 Å². The summed E-state index contributed by atoms with van der Waals surface area (Å²) in [4.78, 5) is 32.1. The van der Waals surface area contributed by atoms with Crippen molar-refractivity contribution in [1.82, 2.24) is 4.57 Å². The van der Waals surface area contributed by atoms with Crippen LogP contribution in [-0.2, 0) is 9.53 Å². The number of nitrogens with zero attached hydrogens (tertiary/aromatic N) is 2. The summed E-state index contributed by atoms with van der Waals surface area (Å²) in [5.41, 5.74) is 1.77. The van der Waals surface area contributed by atoms with Gasteiger partial charge in [-0.3, -0.25) is 9.36 Å². The number of carbonyl (C=O) groups is 1. The maximum atomic E-state index is 13.9. The molecular weight excluding hydrogens is 576 g/mol. The van der Waals surface area contributed by atoms with E-state index in [1.807, 2.05) is 6.07 Å². The number of halogens is 1. The lowest BCUT2D eigenvalue weighted by molar-refractivity contribution is -0.139. The Balaban J connectivity index is 1.98. The molecule has 0 bridgehead atoms. The molecule has 0 N–H and O–H groups in total. The van der Waals surface area contributed by atoms with Crippen LogP contribution in [0.3, 0.4) is 0 Å². The average Bonchev–Trinajstić information content (AvgIpc) is 3.21. The van der Waals surface area contributed by atoms with Gasteiger partial charge in [-0.25, -0.2) is 9.79 Å². The molecule has 4 rings (SSSR count). The van der Waals surface area contributed by atoms with Gasteiger partial charge in [0.05, 0.1) is 61.4 Å². The highest BCUT2D eigenvalue weighted by Crippen LogP contribution is 2.36. The Kier molecular flexibility index (Phi) is 8.27. The number of ether oxygens (including phenoxy) is 5. The Bertz CT molecular complexity index is 1610. The van der Waals surface area contributed by atoms with Gasteiger partial charge in [-0.2, -0.15) is 0 Å². The van der Waals surface area contributed by atoms with Crippen LogP contribution in [0.1, 0.15) is 31.0 Å². The lowest BCUT2D eigenvalue weighted by Crippen LogP contribution is -2.40. The fourth-order valence-electron chi connectivity index (χ4n) is 4.27. The van der Waals surface area contributed by atoms with Crippen LogP contribution in [0.4, 0.5) is 0 Å². The zero-order chi connectivity index (χ0) is 27.6. The molecule has 200 valence electrons. The van der Waals surface area contributed by atoms with E-state index in [0.717, 1.165) is 0 Å². The zero-order valence-corrected chi connectivity index (χ0v) is 24.2. The van der Waals surface area contributed by atoms with E-state index in [1.54, 1.807) is 65.5 Å². The van der Waals surface area contributed by atoms with E-state index in [1.165, 1.54) is 23.0 Å². The van der Waals surface area contributed by atoms with Gasteiger partial charge in [0.1, 0.15) is 11.5 Å². The predicted octanol–water partition coefficient (Wildman–Crippen LogP) is 3.60. The van der Waals surface area contributed by atoms with E-state index >= 15 is 0 Å². The van der Waals surface area contributed by atoms with Crippen LogP contribution in [0.15, 0.2) is 55.9 Å². The lowest BCUT2D eigenvalue weighted by atomic mass is 9.95. The number of fused-ring (bicyclic) bond motifs is 1. The lowest BCUT2D eigenvalue weighted by Gasteiger charge is -2.25. The standard InChI is InChI=1S/C27H27BrN2O7S/c1-7-37-26(32)23-14(2)29-27-30(24(23)15-8-9-18(33-3)21(11-15)36-6)25(31)22(38-27)12-16-10-17(28)20(35-5)13-19(16)34-4/h8-13,24H,7H2,1-6H3/b22-12-/t24-/m1/s1. The molecule has 0 saturated carbocycles. The number of benzene rings is 2. The molecule has 11 heteroatoms. The first-order chi connectivity index (χ1) is 18.3. The van der Waals surface area contributed by atoms with Gasteiger partial charge in [0, 0.05) is 11.6 Å². The largest absolute Gasteiger partial charge is 0.496 e. The molecule has 0 spiro atoms. The Morgan fingerprint density at radius 2 is 1.71 bits per heavy atom. The van der Waals surface area contributed by atoms with Gasteiger partial charge in [0.2, 0.25) is 0 Å². The molecule has 0 radical (unpaired) electrons. The van der Waals surface area contributed by atoms with Crippen LogP contribution in [0.2, 0.25) is 0 Å². The van der Waals surface area contributed by atoms with Gasteiger partial charge in [-0.1, -0.05) is 17.4 Å². The molecule has 2 heterocycles. The molecule has 3 aromatic rings. The predicted molar refractivity (Wildman–Crippen MR) is 147 cm³/mol. The van der Waals surface area contributed by atoms with Gasteiger partial charge in [-0.05, 0) is 59.6 Å². The molecule has 0 saturated heterocycles. The molecule has 1 aliphatic heterocycles. The van der Waals surface area contributed by atoms with Crippen molar-refractivity contribution in [2.75, 3.05) is 35.0 Å². The normalized spacial score (nSPS) is 15.0. The maximum Gasteiger partial charge on any atom is 0.338 e. The first-order valence-corrected chi connectivity index (χ1v) is 13.2. The van der Waals surface area contributed by atoms with Crippen LogP contribution in [0.5, 0.6) is 23.0 Å². The van der Waals surface area contributed by atoms with Crippen molar-refractivity contribution in [3.8, 4) is 23.0 Å². The minimum Gasteiger partial charge on any atom is -0.496 e. The van der Waals surface area contributed by atoms with Gasteiger partial charge >= 0.3 is 5.97 Å². The van der Waals surface area contributed by atoms with Crippen LogP contribution in [0, 0.1) is 0 Å². The molecule has 0 aliphatic carbocycles. The number of rotatable bonds is 8. The Morgan fingerprint density at radius 3 is 2.34 bits per heavy atom. The molecule has 1 aliphatic rings. The van der Waals surface area contributed by atoms with E-state index < -0.39 is 12.0 Å². The highest BCUT2D eigenvalue weighted by atomic mass is 79.9. The second kappa shape index (κ2) is 11.4. The van der Waals surface area contributed by atoms with Gasteiger partial charge in [0.25, 0.3) is 5.56 Å². The van der Waals surface area contributed by atoms with E-state index in [4.69, 9.17) is 23.7 Å². The number of methoxy groups -OCH3 is 4. The molecule has 2 aromatic carbocycles. The fourth-order valence-corrected chi connectivity index (χ4v) is 5.83. The van der Waals surface area contributed by atoms with E-state index in [9.17, 15) is 9.59 Å². The number of thiazole rings is 1. The van der Waals surface area contributed by atoms with Crippen molar-refractivity contribution in [2.24, 2.45) is 4.99 Å². The molecule has 1 aromatic heterocycles. The van der Waals surface area contributed by atoms with E-state index in [0.29, 0.717) is 53.6 Å². The van der Waals surface area contributed by atoms with Crippen molar-refractivity contribution >= 4 is 39.3 Å². The molecule has 9 nitrogen and oxygen atoms in total. The Labute approximate surface area is 231 Å². The molecule has 0 amide bonds. The number of carbonyl (C=O) groups excluding carboxylic acids is 1. The minimum absolute atomic E-state index is 0.185. The van der Waals surface area contributed by atoms with Crippen LogP contribution < -0.4 is 33.8 Å². The molecule has 38 heavy (non-hydrogen) atoms. The molecular formula is C27H27BrN2O7S. The zero-order valence-electron chi connectivity index (χ0n) is 21.8. The first kappa shape index (κ1) is 27.5. The molecule has 1 atom stereocenters. The van der Waals surface area contributed by atoms with Crippen molar-refractivity contribution in [2.45, 2.75) is 19.9 Å². The van der Waals surface area contributed by atoms with E-state index in [2.05, 4.69) is 20.9 Å². The van der Waals surface area contributed by atoms with Crippen LogP contribution >= 0.6 is 27.3 Å². The SMILES string of the molecule is CCOC(=O)C1=C(C)N=c2s/c(=C\c3cc(Br)c(OC)cc3OC)c(=O)n2[C@@H]1c1ccc(OC)c(OC)c1. The third-order valence-corrected chi connectivity index (χ3v) is 7.63.